The van der Waals surface area contributed by atoms with E-state index in [2.05, 4.69) is 20.7 Å². The predicted octanol–water partition coefficient (Wildman–Crippen LogP) is 1.16. The van der Waals surface area contributed by atoms with Crippen molar-refractivity contribution < 1.29 is 9.53 Å². The number of hydrogen-bond acceptors (Lipinski definition) is 4. The third-order valence-electron chi connectivity index (χ3n) is 3.93. The van der Waals surface area contributed by atoms with Crippen molar-refractivity contribution in [3.63, 3.8) is 0 Å². The molecule has 0 saturated carbocycles. The molecule has 0 spiro atoms. The van der Waals surface area contributed by atoms with Crippen LogP contribution in [-0.4, -0.2) is 40.6 Å². The number of urea groups is 1. The van der Waals surface area contributed by atoms with Gasteiger partial charge in [0.15, 0.2) is 0 Å². The van der Waals surface area contributed by atoms with Gasteiger partial charge in [0.25, 0.3) is 0 Å². The SMILES string of the molecule is O=C(NCc1ccccc1Cn1cncn1)NCC1CCOC1. The third kappa shape index (κ3) is 4.53. The number of carbonyl (C=O) groups is 1. The monoisotopic (exact) mass is 315 g/mol. The highest BCUT2D eigenvalue weighted by Gasteiger charge is 2.16. The van der Waals surface area contributed by atoms with Gasteiger partial charge in [-0.25, -0.2) is 14.5 Å². The lowest BCUT2D eigenvalue weighted by Crippen LogP contribution is -2.38. The highest BCUT2D eigenvalue weighted by atomic mass is 16.5. The molecular formula is C16H21N5O2. The van der Waals surface area contributed by atoms with Crippen molar-refractivity contribution in [1.82, 2.24) is 25.4 Å². The Bertz CT molecular complexity index is 623. The molecule has 0 radical (unpaired) electrons. The zero-order valence-corrected chi connectivity index (χ0v) is 12.9. The van der Waals surface area contributed by atoms with Crippen molar-refractivity contribution in [3.05, 3.63) is 48.0 Å². The molecule has 7 heteroatoms. The average Bonchev–Trinajstić information content (AvgIpc) is 3.25. The summed E-state index contributed by atoms with van der Waals surface area (Å²) in [5.41, 5.74) is 2.19. The van der Waals surface area contributed by atoms with Gasteiger partial charge >= 0.3 is 6.03 Å². The fraction of sp³-hybridized carbons (Fsp3) is 0.438. The third-order valence-corrected chi connectivity index (χ3v) is 3.93. The number of benzene rings is 1. The van der Waals surface area contributed by atoms with Gasteiger partial charge in [0, 0.05) is 25.6 Å². The first-order valence-electron chi connectivity index (χ1n) is 7.80. The van der Waals surface area contributed by atoms with E-state index in [0.717, 1.165) is 30.8 Å². The van der Waals surface area contributed by atoms with E-state index in [4.69, 9.17) is 4.74 Å². The van der Waals surface area contributed by atoms with Crippen LogP contribution >= 0.6 is 0 Å². The maximum Gasteiger partial charge on any atom is 0.315 e. The topological polar surface area (TPSA) is 81.1 Å². The van der Waals surface area contributed by atoms with Crippen LogP contribution in [0.2, 0.25) is 0 Å². The number of amides is 2. The van der Waals surface area contributed by atoms with Crippen molar-refractivity contribution in [3.8, 4) is 0 Å². The first kappa shape index (κ1) is 15.5. The van der Waals surface area contributed by atoms with Gasteiger partial charge in [0.05, 0.1) is 13.2 Å². The summed E-state index contributed by atoms with van der Waals surface area (Å²) in [6.45, 7) is 3.31. The maximum atomic E-state index is 11.9. The van der Waals surface area contributed by atoms with E-state index in [1.54, 1.807) is 11.0 Å². The number of nitrogens with one attached hydrogen (secondary N) is 2. The van der Waals surface area contributed by atoms with Crippen LogP contribution in [0.4, 0.5) is 4.79 Å². The van der Waals surface area contributed by atoms with Crippen LogP contribution in [0.5, 0.6) is 0 Å². The van der Waals surface area contributed by atoms with Gasteiger partial charge in [-0.2, -0.15) is 5.10 Å². The summed E-state index contributed by atoms with van der Waals surface area (Å²) < 4.78 is 7.06. The second-order valence-electron chi connectivity index (χ2n) is 5.65. The van der Waals surface area contributed by atoms with E-state index < -0.39 is 0 Å². The summed E-state index contributed by atoms with van der Waals surface area (Å²) in [7, 11) is 0. The molecule has 2 heterocycles. The molecule has 0 aliphatic carbocycles. The summed E-state index contributed by atoms with van der Waals surface area (Å²) in [5, 5.41) is 9.92. The fourth-order valence-corrected chi connectivity index (χ4v) is 2.59. The van der Waals surface area contributed by atoms with Crippen LogP contribution in [0.25, 0.3) is 0 Å². The number of rotatable bonds is 6. The zero-order valence-electron chi connectivity index (χ0n) is 12.9. The molecule has 3 rings (SSSR count). The summed E-state index contributed by atoms with van der Waals surface area (Å²) in [6, 6.07) is 7.85. The summed E-state index contributed by atoms with van der Waals surface area (Å²) in [6.07, 6.45) is 4.21. The Morgan fingerprint density at radius 3 is 2.91 bits per heavy atom. The van der Waals surface area contributed by atoms with Gasteiger partial charge in [-0.3, -0.25) is 0 Å². The molecule has 122 valence electrons. The number of carbonyl (C=O) groups excluding carboxylic acids is 1. The lowest BCUT2D eigenvalue weighted by molar-refractivity contribution is 0.185. The van der Waals surface area contributed by atoms with E-state index in [1.807, 2.05) is 24.3 Å². The number of ether oxygens (including phenoxy) is 1. The maximum absolute atomic E-state index is 11.9. The van der Waals surface area contributed by atoms with E-state index in [1.165, 1.54) is 6.33 Å². The van der Waals surface area contributed by atoms with Gasteiger partial charge in [-0.05, 0) is 17.5 Å². The predicted molar refractivity (Wildman–Crippen MR) is 84.7 cm³/mol. The molecule has 2 aromatic rings. The fourth-order valence-electron chi connectivity index (χ4n) is 2.59. The highest BCUT2D eigenvalue weighted by molar-refractivity contribution is 5.73. The molecule has 1 saturated heterocycles. The van der Waals surface area contributed by atoms with Crippen LogP contribution in [0, 0.1) is 5.92 Å². The Labute approximate surface area is 135 Å². The molecule has 1 unspecified atom stereocenters. The Hall–Kier alpha value is -2.41. The molecule has 2 amide bonds. The first-order chi connectivity index (χ1) is 11.3. The Morgan fingerprint density at radius 1 is 1.30 bits per heavy atom. The number of nitrogens with zero attached hydrogens (tertiary/aromatic N) is 3. The summed E-state index contributed by atoms with van der Waals surface area (Å²) in [5.74, 6) is 0.431. The summed E-state index contributed by atoms with van der Waals surface area (Å²) >= 11 is 0. The molecule has 1 aromatic heterocycles. The van der Waals surface area contributed by atoms with Crippen LogP contribution in [0.3, 0.4) is 0 Å². The highest BCUT2D eigenvalue weighted by Crippen LogP contribution is 2.11. The van der Waals surface area contributed by atoms with Gasteiger partial charge in [0.2, 0.25) is 0 Å². The number of hydrogen-bond donors (Lipinski definition) is 2. The van der Waals surface area contributed by atoms with Gasteiger partial charge in [0.1, 0.15) is 12.7 Å². The van der Waals surface area contributed by atoms with Crippen LogP contribution in [0.1, 0.15) is 17.5 Å². The molecule has 1 fully saturated rings. The number of aromatic nitrogens is 3. The minimum Gasteiger partial charge on any atom is -0.381 e. The molecule has 1 aromatic carbocycles. The van der Waals surface area contributed by atoms with Gasteiger partial charge in [-0.1, -0.05) is 24.3 Å². The zero-order chi connectivity index (χ0) is 15.9. The first-order valence-corrected chi connectivity index (χ1v) is 7.80. The lowest BCUT2D eigenvalue weighted by Gasteiger charge is -2.13. The van der Waals surface area contributed by atoms with E-state index in [0.29, 0.717) is 25.6 Å². The lowest BCUT2D eigenvalue weighted by atomic mass is 10.1. The minimum absolute atomic E-state index is 0.146. The van der Waals surface area contributed by atoms with E-state index in [-0.39, 0.29) is 6.03 Å². The van der Waals surface area contributed by atoms with Crippen molar-refractivity contribution in [2.75, 3.05) is 19.8 Å². The second-order valence-corrected chi connectivity index (χ2v) is 5.65. The quantitative estimate of drug-likeness (QED) is 0.838. The smallest absolute Gasteiger partial charge is 0.315 e. The van der Waals surface area contributed by atoms with Crippen LogP contribution in [-0.2, 0) is 17.8 Å². The summed E-state index contributed by atoms with van der Waals surface area (Å²) in [4.78, 5) is 15.9. The molecule has 2 N–H and O–H groups in total. The second kappa shape index (κ2) is 7.73. The molecule has 1 aliphatic rings. The largest absolute Gasteiger partial charge is 0.381 e. The molecular weight excluding hydrogens is 294 g/mol. The van der Waals surface area contributed by atoms with Crippen molar-refractivity contribution in [2.24, 2.45) is 5.92 Å². The standard InChI is InChI=1S/C16H21N5O2/c22-16(18-7-13-5-6-23-10-13)19-8-14-3-1-2-4-15(14)9-21-12-17-11-20-21/h1-4,11-13H,5-10H2,(H2,18,19,22). The van der Waals surface area contributed by atoms with Crippen LogP contribution in [0.15, 0.2) is 36.9 Å². The van der Waals surface area contributed by atoms with Crippen molar-refractivity contribution >= 4 is 6.03 Å². The molecule has 1 atom stereocenters. The Morgan fingerprint density at radius 2 is 2.17 bits per heavy atom. The molecule has 7 nitrogen and oxygen atoms in total. The van der Waals surface area contributed by atoms with Gasteiger partial charge in [-0.15, -0.1) is 0 Å². The Kier molecular flexibility index (Phi) is 5.21. The van der Waals surface area contributed by atoms with Crippen molar-refractivity contribution in [1.29, 1.82) is 0 Å². The average molecular weight is 315 g/mol. The normalized spacial score (nSPS) is 17.1. The Balaban J connectivity index is 1.50. The van der Waals surface area contributed by atoms with Gasteiger partial charge < -0.3 is 15.4 Å². The van der Waals surface area contributed by atoms with Crippen molar-refractivity contribution in [2.45, 2.75) is 19.5 Å². The molecule has 1 aliphatic heterocycles. The van der Waals surface area contributed by atoms with E-state index in [9.17, 15) is 4.79 Å². The molecule has 23 heavy (non-hydrogen) atoms. The van der Waals surface area contributed by atoms with E-state index >= 15 is 0 Å². The molecule has 0 bridgehead atoms. The van der Waals surface area contributed by atoms with Crippen LogP contribution < -0.4 is 10.6 Å². The minimum atomic E-state index is -0.146.